The van der Waals surface area contributed by atoms with Crippen molar-refractivity contribution in [2.24, 2.45) is 5.73 Å². The van der Waals surface area contributed by atoms with Crippen molar-refractivity contribution in [2.75, 3.05) is 18.4 Å². The lowest BCUT2D eigenvalue weighted by Crippen LogP contribution is -2.15. The molecule has 2 heterocycles. The van der Waals surface area contributed by atoms with Crippen LogP contribution in [0.15, 0.2) is 60.8 Å². The van der Waals surface area contributed by atoms with Gasteiger partial charge in [-0.25, -0.2) is 9.97 Å². The van der Waals surface area contributed by atoms with Crippen LogP contribution in [0.3, 0.4) is 0 Å². The zero-order valence-electron chi connectivity index (χ0n) is 14.0. The van der Waals surface area contributed by atoms with Crippen LogP contribution in [0.2, 0.25) is 0 Å². The molecule has 0 atom stereocenters. The number of imidazole rings is 1. The molecule has 0 spiro atoms. The highest BCUT2D eigenvalue weighted by Crippen LogP contribution is 2.23. The number of nitrogens with two attached hydrogens (primary N) is 1. The van der Waals surface area contributed by atoms with Gasteiger partial charge in [-0.1, -0.05) is 42.5 Å². The van der Waals surface area contributed by atoms with E-state index < -0.39 is 0 Å². The third kappa shape index (κ3) is 3.06. The lowest BCUT2D eigenvalue weighted by Gasteiger charge is -2.11. The van der Waals surface area contributed by atoms with Crippen LogP contribution < -0.4 is 11.1 Å². The van der Waals surface area contributed by atoms with E-state index in [1.807, 2.05) is 30.5 Å². The molecule has 0 bridgehead atoms. The summed E-state index contributed by atoms with van der Waals surface area (Å²) in [7, 11) is 0. The topological polar surface area (TPSA) is 68.2 Å². The SMILES string of the molecule is NCCNc1nc2ccccc2n2c(CCc3ccccc3)cnc12. The maximum Gasteiger partial charge on any atom is 0.180 e. The Bertz CT molecular complexity index is 991. The molecule has 25 heavy (non-hydrogen) atoms. The number of benzene rings is 2. The summed E-state index contributed by atoms with van der Waals surface area (Å²) >= 11 is 0. The number of para-hydroxylation sites is 2. The summed E-state index contributed by atoms with van der Waals surface area (Å²) in [5, 5.41) is 3.30. The normalized spacial score (nSPS) is 11.2. The molecule has 4 rings (SSSR count). The van der Waals surface area contributed by atoms with Crippen LogP contribution in [0.1, 0.15) is 11.3 Å². The van der Waals surface area contributed by atoms with Gasteiger partial charge in [0, 0.05) is 25.0 Å². The second kappa shape index (κ2) is 6.91. The van der Waals surface area contributed by atoms with Gasteiger partial charge in [0.1, 0.15) is 0 Å². The number of aryl methyl sites for hydroxylation is 2. The largest absolute Gasteiger partial charge is 0.366 e. The van der Waals surface area contributed by atoms with Crippen molar-refractivity contribution in [3.63, 3.8) is 0 Å². The van der Waals surface area contributed by atoms with E-state index in [0.717, 1.165) is 35.3 Å². The van der Waals surface area contributed by atoms with Crippen LogP contribution in [-0.4, -0.2) is 27.5 Å². The molecule has 0 amide bonds. The molecule has 0 aliphatic rings. The first-order chi connectivity index (χ1) is 12.4. The van der Waals surface area contributed by atoms with Crippen molar-refractivity contribution in [3.8, 4) is 0 Å². The quantitative estimate of drug-likeness (QED) is 0.570. The van der Waals surface area contributed by atoms with Crippen LogP contribution in [0.5, 0.6) is 0 Å². The average molecular weight is 331 g/mol. The lowest BCUT2D eigenvalue weighted by molar-refractivity contribution is 0.905. The maximum atomic E-state index is 5.63. The minimum absolute atomic E-state index is 0.558. The molecular weight excluding hydrogens is 310 g/mol. The Morgan fingerprint density at radius 2 is 1.76 bits per heavy atom. The highest BCUT2D eigenvalue weighted by atomic mass is 15.1. The minimum atomic E-state index is 0.558. The first kappa shape index (κ1) is 15.6. The van der Waals surface area contributed by atoms with Gasteiger partial charge in [-0.15, -0.1) is 0 Å². The van der Waals surface area contributed by atoms with Gasteiger partial charge in [0.25, 0.3) is 0 Å². The Labute approximate surface area is 146 Å². The predicted molar refractivity (Wildman–Crippen MR) is 102 cm³/mol. The van der Waals surface area contributed by atoms with Gasteiger partial charge >= 0.3 is 0 Å². The Morgan fingerprint density at radius 3 is 2.60 bits per heavy atom. The lowest BCUT2D eigenvalue weighted by atomic mass is 10.1. The third-order valence-corrected chi connectivity index (χ3v) is 4.35. The van der Waals surface area contributed by atoms with Crippen LogP contribution in [0, 0.1) is 0 Å². The minimum Gasteiger partial charge on any atom is -0.366 e. The van der Waals surface area contributed by atoms with Crippen LogP contribution in [0.4, 0.5) is 5.82 Å². The number of fused-ring (bicyclic) bond motifs is 3. The van der Waals surface area contributed by atoms with Gasteiger partial charge in [0.15, 0.2) is 11.5 Å². The van der Waals surface area contributed by atoms with Crippen molar-refractivity contribution in [3.05, 3.63) is 72.1 Å². The fraction of sp³-hybridized carbons (Fsp3) is 0.200. The molecule has 0 saturated heterocycles. The predicted octanol–water partition coefficient (Wildman–Crippen LogP) is 3.04. The van der Waals surface area contributed by atoms with Gasteiger partial charge in [0.05, 0.1) is 11.0 Å². The molecule has 0 fully saturated rings. The van der Waals surface area contributed by atoms with E-state index in [0.29, 0.717) is 13.1 Å². The summed E-state index contributed by atoms with van der Waals surface area (Å²) in [6.45, 7) is 1.23. The summed E-state index contributed by atoms with van der Waals surface area (Å²) < 4.78 is 2.21. The molecule has 2 aromatic carbocycles. The summed E-state index contributed by atoms with van der Waals surface area (Å²) in [5.74, 6) is 0.787. The molecular formula is C20H21N5. The summed E-state index contributed by atoms with van der Waals surface area (Å²) in [6, 6.07) is 18.7. The fourth-order valence-corrected chi connectivity index (χ4v) is 3.14. The second-order valence-corrected chi connectivity index (χ2v) is 6.06. The van der Waals surface area contributed by atoms with E-state index in [1.165, 1.54) is 11.3 Å². The zero-order valence-corrected chi connectivity index (χ0v) is 14.0. The molecule has 0 aliphatic carbocycles. The number of hydrogen-bond acceptors (Lipinski definition) is 4. The maximum absolute atomic E-state index is 5.63. The van der Waals surface area contributed by atoms with Gasteiger partial charge in [-0.3, -0.25) is 4.40 Å². The number of aromatic nitrogens is 3. The zero-order chi connectivity index (χ0) is 17.1. The van der Waals surface area contributed by atoms with Crippen molar-refractivity contribution >= 4 is 22.5 Å². The Hall–Kier alpha value is -2.92. The first-order valence-electron chi connectivity index (χ1n) is 8.60. The monoisotopic (exact) mass is 331 g/mol. The molecule has 0 unspecified atom stereocenters. The van der Waals surface area contributed by atoms with E-state index in [-0.39, 0.29) is 0 Å². The number of rotatable bonds is 6. The second-order valence-electron chi connectivity index (χ2n) is 6.06. The summed E-state index contributed by atoms with van der Waals surface area (Å²) in [4.78, 5) is 9.35. The highest BCUT2D eigenvalue weighted by molar-refractivity contribution is 5.83. The van der Waals surface area contributed by atoms with Gasteiger partial charge in [-0.2, -0.15) is 0 Å². The number of nitrogens with one attached hydrogen (secondary N) is 1. The molecule has 0 saturated carbocycles. The summed E-state index contributed by atoms with van der Waals surface area (Å²) in [6.07, 6.45) is 3.87. The highest BCUT2D eigenvalue weighted by Gasteiger charge is 2.13. The van der Waals surface area contributed by atoms with Gasteiger partial charge in [0.2, 0.25) is 0 Å². The van der Waals surface area contributed by atoms with Crippen LogP contribution in [0.25, 0.3) is 16.7 Å². The molecule has 0 aliphatic heterocycles. The molecule has 3 N–H and O–H groups in total. The first-order valence-corrected chi connectivity index (χ1v) is 8.60. The van der Waals surface area contributed by atoms with Crippen molar-refractivity contribution < 1.29 is 0 Å². The van der Waals surface area contributed by atoms with Gasteiger partial charge < -0.3 is 11.1 Å². The number of anilines is 1. The summed E-state index contributed by atoms with van der Waals surface area (Å²) in [5.41, 5.74) is 11.0. The molecule has 2 aromatic heterocycles. The van der Waals surface area contributed by atoms with E-state index in [1.54, 1.807) is 0 Å². The fourth-order valence-electron chi connectivity index (χ4n) is 3.14. The smallest absolute Gasteiger partial charge is 0.180 e. The number of nitrogens with zero attached hydrogens (tertiary/aromatic N) is 3. The Kier molecular flexibility index (Phi) is 4.31. The molecule has 0 radical (unpaired) electrons. The van der Waals surface area contributed by atoms with E-state index >= 15 is 0 Å². The average Bonchev–Trinajstić information content (AvgIpc) is 3.10. The van der Waals surface area contributed by atoms with E-state index in [2.05, 4.69) is 45.0 Å². The Morgan fingerprint density at radius 1 is 0.960 bits per heavy atom. The van der Waals surface area contributed by atoms with Gasteiger partial charge in [-0.05, 0) is 30.5 Å². The van der Waals surface area contributed by atoms with Crippen molar-refractivity contribution in [1.82, 2.24) is 14.4 Å². The van der Waals surface area contributed by atoms with Crippen molar-refractivity contribution in [2.45, 2.75) is 12.8 Å². The molecule has 4 aromatic rings. The molecule has 5 nitrogen and oxygen atoms in total. The van der Waals surface area contributed by atoms with E-state index in [9.17, 15) is 0 Å². The Balaban J connectivity index is 1.78. The molecule has 126 valence electrons. The standard InChI is InChI=1S/C20H21N5/c21-12-13-22-19-20-23-14-16(11-10-15-6-2-1-3-7-15)25(20)18-9-5-4-8-17(18)24-19/h1-9,14H,10-13,21H2,(H,22,24). The van der Waals surface area contributed by atoms with Crippen LogP contribution in [-0.2, 0) is 12.8 Å². The van der Waals surface area contributed by atoms with Crippen LogP contribution >= 0.6 is 0 Å². The van der Waals surface area contributed by atoms with E-state index in [4.69, 9.17) is 10.7 Å². The van der Waals surface area contributed by atoms with Crippen molar-refractivity contribution in [1.29, 1.82) is 0 Å². The molecule has 5 heteroatoms. The number of hydrogen-bond donors (Lipinski definition) is 2. The third-order valence-electron chi connectivity index (χ3n) is 4.35.